The van der Waals surface area contributed by atoms with E-state index in [9.17, 15) is 9.59 Å². The molecule has 0 amide bonds. The van der Waals surface area contributed by atoms with Crippen LogP contribution in [0.2, 0.25) is 0 Å². The van der Waals surface area contributed by atoms with Gasteiger partial charge in [0.15, 0.2) is 6.10 Å². The van der Waals surface area contributed by atoms with E-state index in [2.05, 4.69) is 4.98 Å². The highest BCUT2D eigenvalue weighted by atomic mass is 16.5. The fourth-order valence-electron chi connectivity index (χ4n) is 2.46. The summed E-state index contributed by atoms with van der Waals surface area (Å²) in [4.78, 5) is 27.2. The minimum Gasteiger partial charge on any atom is -0.454 e. The Hall–Kier alpha value is -2.10. The van der Waals surface area contributed by atoms with E-state index in [1.807, 2.05) is 31.2 Å². The van der Waals surface area contributed by atoms with E-state index in [0.29, 0.717) is 11.5 Å². The van der Waals surface area contributed by atoms with Gasteiger partial charge in [0.05, 0.1) is 5.92 Å². The van der Waals surface area contributed by atoms with Gasteiger partial charge in [0.2, 0.25) is 5.78 Å². The summed E-state index contributed by atoms with van der Waals surface area (Å²) in [5.41, 5.74) is 1.48. The minimum atomic E-state index is -0.741. The summed E-state index contributed by atoms with van der Waals surface area (Å²) in [6.07, 6.45) is 1.80. The molecule has 1 aliphatic carbocycles. The number of fused-ring (bicyclic) bond motifs is 1. The summed E-state index contributed by atoms with van der Waals surface area (Å²) in [5.74, 6) is -0.0478. The quantitative estimate of drug-likeness (QED) is 0.687. The van der Waals surface area contributed by atoms with Crippen LogP contribution in [-0.4, -0.2) is 22.8 Å². The van der Waals surface area contributed by atoms with E-state index in [1.54, 1.807) is 13.1 Å². The molecule has 0 bridgehead atoms. The van der Waals surface area contributed by atoms with Gasteiger partial charge in [-0.05, 0) is 25.3 Å². The van der Waals surface area contributed by atoms with Crippen LogP contribution < -0.4 is 0 Å². The van der Waals surface area contributed by atoms with Crippen molar-refractivity contribution < 1.29 is 14.3 Å². The van der Waals surface area contributed by atoms with Crippen molar-refractivity contribution in [2.24, 2.45) is 11.8 Å². The van der Waals surface area contributed by atoms with Crippen LogP contribution in [0.15, 0.2) is 30.5 Å². The fourth-order valence-corrected chi connectivity index (χ4v) is 2.46. The molecule has 2 aromatic rings. The van der Waals surface area contributed by atoms with E-state index in [0.717, 1.165) is 17.3 Å². The second-order valence-corrected chi connectivity index (χ2v) is 5.51. The molecule has 1 aliphatic rings. The first-order valence-corrected chi connectivity index (χ1v) is 6.88. The maximum Gasteiger partial charge on any atom is 0.309 e. The molecule has 0 unspecified atom stereocenters. The van der Waals surface area contributed by atoms with Crippen molar-refractivity contribution in [2.75, 3.05) is 0 Å². The standard InChI is InChI=1S/C16H17NO3/c1-9-7-12(9)16(19)20-10(2)15(18)13-8-17-14-6-4-3-5-11(13)14/h3-6,8-10,12,17H,7H2,1-2H3/t9-,10-,12-/m0/s1. The van der Waals surface area contributed by atoms with Gasteiger partial charge >= 0.3 is 5.97 Å². The summed E-state index contributed by atoms with van der Waals surface area (Å²) >= 11 is 0. The van der Waals surface area contributed by atoms with Crippen LogP contribution in [0, 0.1) is 11.8 Å². The van der Waals surface area contributed by atoms with Gasteiger partial charge < -0.3 is 9.72 Å². The van der Waals surface area contributed by atoms with E-state index in [1.165, 1.54) is 0 Å². The molecule has 0 spiro atoms. The van der Waals surface area contributed by atoms with E-state index in [4.69, 9.17) is 4.74 Å². The lowest BCUT2D eigenvalue weighted by Gasteiger charge is -2.11. The zero-order valence-corrected chi connectivity index (χ0v) is 11.6. The average Bonchev–Trinajstić information content (AvgIpc) is 3.02. The summed E-state index contributed by atoms with van der Waals surface area (Å²) in [6.45, 7) is 3.65. The van der Waals surface area contributed by atoms with Gasteiger partial charge in [0.25, 0.3) is 0 Å². The van der Waals surface area contributed by atoms with Crippen molar-refractivity contribution in [3.05, 3.63) is 36.0 Å². The molecule has 1 fully saturated rings. The summed E-state index contributed by atoms with van der Waals surface area (Å²) < 4.78 is 5.28. The highest BCUT2D eigenvalue weighted by molar-refractivity contribution is 6.10. The summed E-state index contributed by atoms with van der Waals surface area (Å²) in [5, 5.41) is 0.861. The topological polar surface area (TPSA) is 59.2 Å². The van der Waals surface area contributed by atoms with Gasteiger partial charge in [-0.15, -0.1) is 0 Å². The van der Waals surface area contributed by atoms with E-state index in [-0.39, 0.29) is 17.7 Å². The van der Waals surface area contributed by atoms with Gasteiger partial charge in [-0.25, -0.2) is 0 Å². The lowest BCUT2D eigenvalue weighted by molar-refractivity contribution is -0.148. The SMILES string of the molecule is C[C@H](OC(=O)[C@H]1C[C@@H]1C)C(=O)c1c[nH]c2ccccc12. The maximum absolute atomic E-state index is 12.4. The van der Waals surface area contributed by atoms with Crippen LogP contribution >= 0.6 is 0 Å². The molecule has 20 heavy (non-hydrogen) atoms. The number of benzene rings is 1. The number of esters is 1. The second kappa shape index (κ2) is 4.78. The normalized spacial score (nSPS) is 22.5. The van der Waals surface area contributed by atoms with E-state index >= 15 is 0 Å². The number of hydrogen-bond donors (Lipinski definition) is 1. The van der Waals surface area contributed by atoms with Gasteiger partial charge in [-0.1, -0.05) is 25.1 Å². The number of aromatic nitrogens is 1. The van der Waals surface area contributed by atoms with Crippen LogP contribution in [-0.2, 0) is 9.53 Å². The zero-order chi connectivity index (χ0) is 14.3. The molecule has 1 heterocycles. The van der Waals surface area contributed by atoms with Crippen molar-refractivity contribution >= 4 is 22.7 Å². The molecule has 1 saturated carbocycles. The van der Waals surface area contributed by atoms with Gasteiger partial charge in [-0.3, -0.25) is 9.59 Å². The number of ether oxygens (including phenoxy) is 1. The Balaban J connectivity index is 1.76. The molecule has 4 heteroatoms. The Labute approximate surface area is 117 Å². The third-order valence-electron chi connectivity index (χ3n) is 3.93. The number of rotatable bonds is 4. The molecule has 0 aliphatic heterocycles. The maximum atomic E-state index is 12.4. The number of ketones is 1. The average molecular weight is 271 g/mol. The molecule has 4 nitrogen and oxygen atoms in total. The number of para-hydroxylation sites is 1. The van der Waals surface area contributed by atoms with Crippen molar-refractivity contribution in [1.82, 2.24) is 4.98 Å². The van der Waals surface area contributed by atoms with Gasteiger partial charge in [0, 0.05) is 22.7 Å². The molecule has 1 aromatic carbocycles. The predicted octanol–water partition coefficient (Wildman–Crippen LogP) is 2.94. The highest BCUT2D eigenvalue weighted by Crippen LogP contribution is 2.39. The monoisotopic (exact) mass is 271 g/mol. The van der Waals surface area contributed by atoms with Crippen molar-refractivity contribution in [3.63, 3.8) is 0 Å². The largest absolute Gasteiger partial charge is 0.454 e. The Morgan fingerprint density at radius 2 is 2.05 bits per heavy atom. The minimum absolute atomic E-state index is 0.0202. The van der Waals surface area contributed by atoms with Gasteiger partial charge in [-0.2, -0.15) is 0 Å². The van der Waals surface area contributed by atoms with E-state index < -0.39 is 6.10 Å². The van der Waals surface area contributed by atoms with Gasteiger partial charge in [0.1, 0.15) is 0 Å². The Bertz CT molecular complexity index is 673. The molecule has 3 rings (SSSR count). The van der Waals surface area contributed by atoms with Crippen LogP contribution in [0.25, 0.3) is 10.9 Å². The molecular formula is C16H17NO3. The number of carbonyl (C=O) groups excluding carboxylic acids is 2. The van der Waals surface area contributed by atoms with Crippen LogP contribution in [0.4, 0.5) is 0 Å². The molecule has 1 N–H and O–H groups in total. The number of hydrogen-bond acceptors (Lipinski definition) is 3. The Morgan fingerprint density at radius 1 is 1.35 bits per heavy atom. The number of Topliss-reactive ketones (excluding diaryl/α,β-unsaturated/α-hetero) is 1. The third kappa shape index (κ3) is 2.22. The van der Waals surface area contributed by atoms with Crippen molar-refractivity contribution in [1.29, 1.82) is 0 Å². The second-order valence-electron chi connectivity index (χ2n) is 5.51. The number of carbonyl (C=O) groups is 2. The Kier molecular flexibility index (Phi) is 3.08. The molecule has 104 valence electrons. The molecular weight excluding hydrogens is 254 g/mol. The Morgan fingerprint density at radius 3 is 2.75 bits per heavy atom. The first-order valence-electron chi connectivity index (χ1n) is 6.88. The van der Waals surface area contributed by atoms with Crippen molar-refractivity contribution in [2.45, 2.75) is 26.4 Å². The first-order chi connectivity index (χ1) is 9.58. The third-order valence-corrected chi connectivity index (χ3v) is 3.93. The zero-order valence-electron chi connectivity index (χ0n) is 11.6. The molecule has 0 radical (unpaired) electrons. The van der Waals surface area contributed by atoms with Crippen LogP contribution in [0.3, 0.4) is 0 Å². The molecule has 1 aromatic heterocycles. The highest BCUT2D eigenvalue weighted by Gasteiger charge is 2.41. The summed E-state index contributed by atoms with van der Waals surface area (Å²) in [7, 11) is 0. The predicted molar refractivity (Wildman–Crippen MR) is 75.5 cm³/mol. The lowest BCUT2D eigenvalue weighted by Crippen LogP contribution is -2.25. The van der Waals surface area contributed by atoms with Crippen LogP contribution in [0.5, 0.6) is 0 Å². The molecule has 0 saturated heterocycles. The molecule has 3 atom stereocenters. The summed E-state index contributed by atoms with van der Waals surface area (Å²) in [6, 6.07) is 7.59. The van der Waals surface area contributed by atoms with Crippen molar-refractivity contribution in [3.8, 4) is 0 Å². The number of nitrogens with one attached hydrogen (secondary N) is 1. The smallest absolute Gasteiger partial charge is 0.309 e. The van der Waals surface area contributed by atoms with Crippen LogP contribution in [0.1, 0.15) is 30.6 Å². The number of H-pyrrole nitrogens is 1. The number of aromatic amines is 1. The fraction of sp³-hybridized carbons (Fsp3) is 0.375. The lowest BCUT2D eigenvalue weighted by atomic mass is 10.1. The first kappa shape index (κ1) is 12.9.